The van der Waals surface area contributed by atoms with E-state index in [0.717, 1.165) is 39.3 Å². The summed E-state index contributed by atoms with van der Waals surface area (Å²) in [4.78, 5) is 2.19. The Hall–Kier alpha value is -0.940. The molecular weight excluding hydrogens is 236 g/mol. The van der Waals surface area contributed by atoms with Gasteiger partial charge in [0, 0.05) is 39.3 Å². The van der Waals surface area contributed by atoms with E-state index >= 15 is 0 Å². The molecule has 0 aliphatic heterocycles. The Balaban J connectivity index is 2.19. The third-order valence-corrected chi connectivity index (χ3v) is 2.97. The van der Waals surface area contributed by atoms with Crippen molar-refractivity contribution in [3.8, 4) is 0 Å². The van der Waals surface area contributed by atoms with Gasteiger partial charge in [-0.05, 0) is 32.3 Å². The second-order valence-electron chi connectivity index (χ2n) is 5.08. The molecule has 0 amide bonds. The molecule has 1 aromatic rings. The molecule has 4 heteroatoms. The zero-order valence-corrected chi connectivity index (χ0v) is 12.5. The summed E-state index contributed by atoms with van der Waals surface area (Å²) < 4.78 is 0. The monoisotopic (exact) mass is 264 g/mol. The second kappa shape index (κ2) is 9.92. The molecule has 1 aromatic carbocycles. The molecule has 0 aliphatic carbocycles. The standard InChI is InChI=1S/C15H28N4/c1-16-8-9-17-12-14-4-6-15(7-5-14)13-18-10-11-19(2)3/h4-7,16-18H,8-13H2,1-3H3. The SMILES string of the molecule is CNCCNCc1ccc(CNCCN(C)C)cc1. The maximum Gasteiger partial charge on any atom is 0.0206 e. The van der Waals surface area contributed by atoms with Gasteiger partial charge in [-0.3, -0.25) is 0 Å². The van der Waals surface area contributed by atoms with Crippen LogP contribution in [0.4, 0.5) is 0 Å². The van der Waals surface area contributed by atoms with E-state index in [1.807, 2.05) is 7.05 Å². The first-order valence-electron chi connectivity index (χ1n) is 7.01. The van der Waals surface area contributed by atoms with Crippen molar-refractivity contribution < 1.29 is 0 Å². The van der Waals surface area contributed by atoms with Crippen molar-refractivity contribution >= 4 is 0 Å². The van der Waals surface area contributed by atoms with Crippen molar-refractivity contribution in [2.75, 3.05) is 47.3 Å². The number of hydrogen-bond acceptors (Lipinski definition) is 4. The van der Waals surface area contributed by atoms with Gasteiger partial charge in [0.05, 0.1) is 0 Å². The fourth-order valence-corrected chi connectivity index (χ4v) is 1.76. The minimum atomic E-state index is 0.940. The van der Waals surface area contributed by atoms with E-state index < -0.39 is 0 Å². The molecule has 0 saturated carbocycles. The van der Waals surface area contributed by atoms with Crippen LogP contribution >= 0.6 is 0 Å². The number of hydrogen-bond donors (Lipinski definition) is 3. The fraction of sp³-hybridized carbons (Fsp3) is 0.600. The predicted molar refractivity (Wildman–Crippen MR) is 82.3 cm³/mol. The van der Waals surface area contributed by atoms with Gasteiger partial charge in [-0.25, -0.2) is 0 Å². The van der Waals surface area contributed by atoms with E-state index in [2.05, 4.69) is 59.2 Å². The number of rotatable bonds is 10. The minimum absolute atomic E-state index is 0.940. The minimum Gasteiger partial charge on any atom is -0.318 e. The summed E-state index contributed by atoms with van der Waals surface area (Å²) in [5.41, 5.74) is 2.69. The van der Waals surface area contributed by atoms with Crippen LogP contribution in [-0.2, 0) is 13.1 Å². The van der Waals surface area contributed by atoms with Gasteiger partial charge >= 0.3 is 0 Å². The molecule has 19 heavy (non-hydrogen) atoms. The van der Waals surface area contributed by atoms with Crippen molar-refractivity contribution in [1.29, 1.82) is 0 Å². The summed E-state index contributed by atoms with van der Waals surface area (Å²) in [6.07, 6.45) is 0. The van der Waals surface area contributed by atoms with Gasteiger partial charge in [0.2, 0.25) is 0 Å². The van der Waals surface area contributed by atoms with Crippen molar-refractivity contribution in [3.05, 3.63) is 35.4 Å². The molecule has 0 fully saturated rings. The highest BCUT2D eigenvalue weighted by atomic mass is 15.1. The molecule has 0 radical (unpaired) electrons. The number of likely N-dealkylation sites (N-methyl/N-ethyl adjacent to an activating group) is 2. The quantitative estimate of drug-likeness (QED) is 0.543. The van der Waals surface area contributed by atoms with Gasteiger partial charge in [0.25, 0.3) is 0 Å². The largest absolute Gasteiger partial charge is 0.318 e. The topological polar surface area (TPSA) is 39.3 Å². The summed E-state index contributed by atoms with van der Waals surface area (Å²) in [6, 6.07) is 8.82. The lowest BCUT2D eigenvalue weighted by atomic mass is 10.1. The van der Waals surface area contributed by atoms with Gasteiger partial charge < -0.3 is 20.9 Å². The average molecular weight is 264 g/mol. The lowest BCUT2D eigenvalue weighted by molar-refractivity contribution is 0.400. The Kier molecular flexibility index (Phi) is 8.41. The molecule has 0 unspecified atom stereocenters. The number of nitrogens with one attached hydrogen (secondary N) is 3. The summed E-state index contributed by atoms with van der Waals surface area (Å²) in [6.45, 7) is 6.00. The van der Waals surface area contributed by atoms with Crippen LogP contribution in [0.25, 0.3) is 0 Å². The Bertz CT molecular complexity index is 321. The van der Waals surface area contributed by atoms with Gasteiger partial charge in [0.15, 0.2) is 0 Å². The summed E-state index contributed by atoms with van der Waals surface area (Å²) in [7, 11) is 6.16. The van der Waals surface area contributed by atoms with Crippen LogP contribution in [0.2, 0.25) is 0 Å². The number of benzene rings is 1. The molecule has 0 bridgehead atoms. The maximum atomic E-state index is 3.45. The molecule has 0 aliphatic rings. The van der Waals surface area contributed by atoms with Crippen LogP contribution in [-0.4, -0.2) is 52.2 Å². The predicted octanol–water partition coefficient (Wildman–Crippen LogP) is 0.647. The van der Waals surface area contributed by atoms with Crippen LogP contribution in [0, 0.1) is 0 Å². The van der Waals surface area contributed by atoms with Gasteiger partial charge in [-0.1, -0.05) is 24.3 Å². The zero-order chi connectivity index (χ0) is 13.9. The van der Waals surface area contributed by atoms with E-state index in [4.69, 9.17) is 0 Å². The lowest BCUT2D eigenvalue weighted by Gasteiger charge is -2.10. The Morgan fingerprint density at radius 2 is 1.37 bits per heavy atom. The Morgan fingerprint density at radius 3 is 1.84 bits per heavy atom. The Morgan fingerprint density at radius 1 is 0.842 bits per heavy atom. The fourth-order valence-electron chi connectivity index (χ4n) is 1.76. The van der Waals surface area contributed by atoms with E-state index in [1.165, 1.54) is 11.1 Å². The van der Waals surface area contributed by atoms with Crippen molar-refractivity contribution in [3.63, 3.8) is 0 Å². The first kappa shape index (κ1) is 16.1. The lowest BCUT2D eigenvalue weighted by Crippen LogP contribution is -2.26. The number of nitrogens with zero attached hydrogens (tertiary/aromatic N) is 1. The maximum absolute atomic E-state index is 3.45. The zero-order valence-electron chi connectivity index (χ0n) is 12.5. The summed E-state index contributed by atoms with van der Waals surface area (Å²) in [5.74, 6) is 0. The van der Waals surface area contributed by atoms with E-state index in [0.29, 0.717) is 0 Å². The van der Waals surface area contributed by atoms with Crippen LogP contribution in [0.3, 0.4) is 0 Å². The smallest absolute Gasteiger partial charge is 0.0206 e. The first-order valence-corrected chi connectivity index (χ1v) is 7.01. The normalized spacial score (nSPS) is 11.2. The van der Waals surface area contributed by atoms with Gasteiger partial charge in [-0.15, -0.1) is 0 Å². The average Bonchev–Trinajstić information content (AvgIpc) is 2.41. The molecule has 108 valence electrons. The Labute approximate surface area is 117 Å². The highest BCUT2D eigenvalue weighted by molar-refractivity contribution is 5.22. The third kappa shape index (κ3) is 7.95. The van der Waals surface area contributed by atoms with E-state index in [1.54, 1.807) is 0 Å². The second-order valence-corrected chi connectivity index (χ2v) is 5.08. The van der Waals surface area contributed by atoms with E-state index in [-0.39, 0.29) is 0 Å². The molecule has 0 heterocycles. The third-order valence-electron chi connectivity index (χ3n) is 2.97. The van der Waals surface area contributed by atoms with Crippen LogP contribution < -0.4 is 16.0 Å². The summed E-state index contributed by atoms with van der Waals surface area (Å²) in [5, 5.41) is 9.98. The van der Waals surface area contributed by atoms with Crippen LogP contribution in [0.5, 0.6) is 0 Å². The van der Waals surface area contributed by atoms with Gasteiger partial charge in [0.1, 0.15) is 0 Å². The highest BCUT2D eigenvalue weighted by Gasteiger charge is 1.95. The molecule has 1 rings (SSSR count). The molecule has 0 atom stereocenters. The first-order chi connectivity index (χ1) is 9.22. The molecule has 0 aromatic heterocycles. The van der Waals surface area contributed by atoms with Crippen LogP contribution in [0.15, 0.2) is 24.3 Å². The molecular formula is C15H28N4. The molecule has 0 spiro atoms. The van der Waals surface area contributed by atoms with Crippen molar-refractivity contribution in [2.45, 2.75) is 13.1 Å². The van der Waals surface area contributed by atoms with E-state index in [9.17, 15) is 0 Å². The van der Waals surface area contributed by atoms with Gasteiger partial charge in [-0.2, -0.15) is 0 Å². The molecule has 4 nitrogen and oxygen atoms in total. The van der Waals surface area contributed by atoms with Crippen molar-refractivity contribution in [1.82, 2.24) is 20.9 Å². The molecule has 3 N–H and O–H groups in total. The molecule has 0 saturated heterocycles. The highest BCUT2D eigenvalue weighted by Crippen LogP contribution is 2.03. The van der Waals surface area contributed by atoms with Crippen molar-refractivity contribution in [2.24, 2.45) is 0 Å². The summed E-state index contributed by atoms with van der Waals surface area (Å²) >= 11 is 0. The van der Waals surface area contributed by atoms with Crippen LogP contribution in [0.1, 0.15) is 11.1 Å².